The zero-order valence-corrected chi connectivity index (χ0v) is 16.5. The third-order valence-electron chi connectivity index (χ3n) is 3.30. The molecule has 10 heteroatoms. The zero-order chi connectivity index (χ0) is 18.5. The van der Waals surface area contributed by atoms with Gasteiger partial charge in [-0.1, -0.05) is 35.5 Å². The van der Waals surface area contributed by atoms with Crippen LogP contribution in [0.2, 0.25) is 5.02 Å². The van der Waals surface area contributed by atoms with Crippen molar-refractivity contribution in [2.24, 2.45) is 7.05 Å². The Kier molecular flexibility index (Phi) is 6.12. The molecule has 0 aliphatic heterocycles. The van der Waals surface area contributed by atoms with Gasteiger partial charge in [0.15, 0.2) is 16.1 Å². The number of aromatic nitrogens is 4. The molecule has 2 aromatic heterocycles. The number of ether oxygens (including phenoxy) is 1. The minimum Gasteiger partial charge on any atom is -0.484 e. The molecule has 0 radical (unpaired) electrons. The standard InChI is InChI=1S/C16H16ClN5O2S2/c1-10(23)18-15-19-11(8-25-15)9-26-16-21-20-14(22(16)2)7-24-13-6-4-3-5-12(13)17/h3-6,8H,7,9H2,1-2H3,(H,18,19,23). The number of hydrogen-bond donors (Lipinski definition) is 1. The summed E-state index contributed by atoms with van der Waals surface area (Å²) < 4.78 is 7.58. The number of anilines is 1. The summed E-state index contributed by atoms with van der Waals surface area (Å²) in [5, 5.41) is 14.9. The normalized spacial score (nSPS) is 10.7. The number of benzene rings is 1. The van der Waals surface area contributed by atoms with Gasteiger partial charge in [0.1, 0.15) is 12.4 Å². The lowest BCUT2D eigenvalue weighted by Crippen LogP contribution is -2.05. The SMILES string of the molecule is CC(=O)Nc1nc(CSc2nnc(COc3ccccc3Cl)n2C)cs1. The maximum atomic E-state index is 11.0. The smallest absolute Gasteiger partial charge is 0.223 e. The van der Waals surface area contributed by atoms with E-state index in [-0.39, 0.29) is 12.5 Å². The predicted molar refractivity (Wildman–Crippen MR) is 103 cm³/mol. The number of thioether (sulfide) groups is 1. The highest BCUT2D eigenvalue weighted by atomic mass is 35.5. The van der Waals surface area contributed by atoms with E-state index in [1.807, 2.05) is 35.2 Å². The maximum absolute atomic E-state index is 11.0. The molecule has 0 spiro atoms. The van der Waals surface area contributed by atoms with E-state index in [1.165, 1.54) is 30.0 Å². The van der Waals surface area contributed by atoms with Gasteiger partial charge in [-0.15, -0.1) is 21.5 Å². The second kappa shape index (κ2) is 8.52. The topological polar surface area (TPSA) is 81.9 Å². The van der Waals surface area contributed by atoms with E-state index in [2.05, 4.69) is 20.5 Å². The Morgan fingerprint density at radius 1 is 1.38 bits per heavy atom. The second-order valence-electron chi connectivity index (χ2n) is 5.29. The van der Waals surface area contributed by atoms with E-state index in [4.69, 9.17) is 16.3 Å². The van der Waals surface area contributed by atoms with Gasteiger partial charge in [0.2, 0.25) is 5.91 Å². The first-order chi connectivity index (χ1) is 12.5. The van der Waals surface area contributed by atoms with Crippen molar-refractivity contribution in [1.29, 1.82) is 0 Å². The summed E-state index contributed by atoms with van der Waals surface area (Å²) in [5.41, 5.74) is 0.876. The molecule has 0 aliphatic carbocycles. The third kappa shape index (κ3) is 4.75. The highest BCUT2D eigenvalue weighted by Crippen LogP contribution is 2.26. The molecule has 0 saturated heterocycles. The van der Waals surface area contributed by atoms with Gasteiger partial charge in [0, 0.05) is 25.1 Å². The summed E-state index contributed by atoms with van der Waals surface area (Å²) in [6.07, 6.45) is 0. The monoisotopic (exact) mass is 409 g/mol. The third-order valence-corrected chi connectivity index (χ3v) is 5.47. The summed E-state index contributed by atoms with van der Waals surface area (Å²) in [4.78, 5) is 15.4. The van der Waals surface area contributed by atoms with Crippen molar-refractivity contribution in [1.82, 2.24) is 19.7 Å². The van der Waals surface area contributed by atoms with Crippen LogP contribution in [-0.2, 0) is 24.2 Å². The lowest BCUT2D eigenvalue weighted by molar-refractivity contribution is -0.114. The van der Waals surface area contributed by atoms with E-state index in [0.717, 1.165) is 10.9 Å². The molecular weight excluding hydrogens is 394 g/mol. The molecular formula is C16H16ClN5O2S2. The van der Waals surface area contributed by atoms with Crippen LogP contribution in [0.4, 0.5) is 5.13 Å². The molecule has 0 unspecified atom stereocenters. The fourth-order valence-electron chi connectivity index (χ4n) is 2.02. The summed E-state index contributed by atoms with van der Waals surface area (Å²) in [6, 6.07) is 7.30. The number of rotatable bonds is 7. The first-order valence-electron chi connectivity index (χ1n) is 7.63. The van der Waals surface area contributed by atoms with Crippen LogP contribution in [0.15, 0.2) is 34.8 Å². The Hall–Kier alpha value is -2.10. The highest BCUT2D eigenvalue weighted by molar-refractivity contribution is 7.98. The first-order valence-corrected chi connectivity index (χ1v) is 9.87. The van der Waals surface area contributed by atoms with Crippen LogP contribution in [0, 0.1) is 0 Å². The maximum Gasteiger partial charge on any atom is 0.223 e. The molecule has 2 heterocycles. The minimum absolute atomic E-state index is 0.130. The van der Waals surface area contributed by atoms with Crippen LogP contribution in [0.5, 0.6) is 5.75 Å². The number of halogens is 1. The number of amides is 1. The number of carbonyl (C=O) groups excluding carboxylic acids is 1. The molecule has 136 valence electrons. The van der Waals surface area contributed by atoms with Crippen molar-refractivity contribution in [2.75, 3.05) is 5.32 Å². The number of nitrogens with zero attached hydrogens (tertiary/aromatic N) is 4. The number of thiazole rings is 1. The van der Waals surface area contributed by atoms with Crippen molar-refractivity contribution < 1.29 is 9.53 Å². The van der Waals surface area contributed by atoms with Crippen molar-refractivity contribution >= 4 is 45.7 Å². The Bertz CT molecular complexity index is 912. The van der Waals surface area contributed by atoms with Crippen LogP contribution in [0.25, 0.3) is 0 Å². The van der Waals surface area contributed by atoms with Gasteiger partial charge < -0.3 is 14.6 Å². The van der Waals surface area contributed by atoms with Crippen LogP contribution >= 0.6 is 34.7 Å². The summed E-state index contributed by atoms with van der Waals surface area (Å²) in [7, 11) is 1.89. The van der Waals surface area contributed by atoms with Gasteiger partial charge in [0.25, 0.3) is 0 Å². The molecule has 0 fully saturated rings. The second-order valence-corrected chi connectivity index (χ2v) is 7.50. The number of para-hydroxylation sites is 1. The molecule has 0 aliphatic rings. The summed E-state index contributed by atoms with van der Waals surface area (Å²) in [5.74, 6) is 1.81. The highest BCUT2D eigenvalue weighted by Gasteiger charge is 2.12. The molecule has 1 amide bonds. The Morgan fingerprint density at radius 3 is 2.96 bits per heavy atom. The van der Waals surface area contributed by atoms with E-state index >= 15 is 0 Å². The lowest BCUT2D eigenvalue weighted by atomic mass is 10.3. The Balaban J connectivity index is 1.57. The molecule has 0 saturated carbocycles. The van der Waals surface area contributed by atoms with E-state index in [1.54, 1.807) is 6.07 Å². The molecule has 1 N–H and O–H groups in total. The zero-order valence-electron chi connectivity index (χ0n) is 14.1. The van der Waals surface area contributed by atoms with Gasteiger partial charge in [0.05, 0.1) is 10.7 Å². The van der Waals surface area contributed by atoms with E-state index in [9.17, 15) is 4.79 Å². The van der Waals surface area contributed by atoms with Gasteiger partial charge in [-0.3, -0.25) is 4.79 Å². The molecule has 0 bridgehead atoms. The van der Waals surface area contributed by atoms with Gasteiger partial charge >= 0.3 is 0 Å². The molecule has 1 aromatic carbocycles. The lowest BCUT2D eigenvalue weighted by Gasteiger charge is -2.07. The fourth-order valence-corrected chi connectivity index (χ4v) is 3.89. The quantitative estimate of drug-likeness (QED) is 0.598. The van der Waals surface area contributed by atoms with Gasteiger partial charge in [-0.05, 0) is 12.1 Å². The molecule has 3 aromatic rings. The van der Waals surface area contributed by atoms with Crippen LogP contribution < -0.4 is 10.1 Å². The Morgan fingerprint density at radius 2 is 2.19 bits per heavy atom. The van der Waals surface area contributed by atoms with Gasteiger partial charge in [-0.2, -0.15) is 0 Å². The fraction of sp³-hybridized carbons (Fsp3) is 0.250. The van der Waals surface area contributed by atoms with Crippen molar-refractivity contribution in [3.8, 4) is 5.75 Å². The summed E-state index contributed by atoms with van der Waals surface area (Å²) in [6.45, 7) is 1.73. The number of hydrogen-bond acceptors (Lipinski definition) is 7. The number of nitrogens with one attached hydrogen (secondary N) is 1. The van der Waals surface area contributed by atoms with Crippen LogP contribution in [-0.4, -0.2) is 25.7 Å². The first kappa shape index (κ1) is 18.7. The van der Waals surface area contributed by atoms with Crippen LogP contribution in [0.1, 0.15) is 18.4 Å². The van der Waals surface area contributed by atoms with E-state index < -0.39 is 0 Å². The largest absolute Gasteiger partial charge is 0.484 e. The van der Waals surface area contributed by atoms with Gasteiger partial charge in [-0.25, -0.2) is 4.98 Å². The average Bonchev–Trinajstić information content (AvgIpc) is 3.18. The minimum atomic E-state index is -0.130. The van der Waals surface area contributed by atoms with Crippen molar-refractivity contribution in [3.05, 3.63) is 46.2 Å². The molecule has 3 rings (SSSR count). The Labute approximate surface area is 163 Å². The number of carbonyl (C=O) groups is 1. The van der Waals surface area contributed by atoms with Crippen LogP contribution in [0.3, 0.4) is 0 Å². The predicted octanol–water partition coefficient (Wildman–Crippen LogP) is 3.75. The van der Waals surface area contributed by atoms with E-state index in [0.29, 0.717) is 27.5 Å². The molecule has 26 heavy (non-hydrogen) atoms. The molecule has 7 nitrogen and oxygen atoms in total. The van der Waals surface area contributed by atoms with Crippen molar-refractivity contribution in [2.45, 2.75) is 24.4 Å². The molecule has 0 atom stereocenters. The van der Waals surface area contributed by atoms with Crippen molar-refractivity contribution in [3.63, 3.8) is 0 Å². The average molecular weight is 410 g/mol. The summed E-state index contributed by atoms with van der Waals surface area (Å²) >= 11 is 9.00.